The van der Waals surface area contributed by atoms with Gasteiger partial charge in [-0.1, -0.05) is 36.4 Å². The highest BCUT2D eigenvalue weighted by molar-refractivity contribution is 5.74. The number of aromatic nitrogens is 1. The summed E-state index contributed by atoms with van der Waals surface area (Å²) in [4.78, 5) is 0. The van der Waals surface area contributed by atoms with E-state index in [1.54, 1.807) is 0 Å². The molecule has 1 aliphatic heterocycles. The van der Waals surface area contributed by atoms with Crippen LogP contribution in [0.15, 0.2) is 71.6 Å². The minimum atomic E-state index is -1.41. The molecule has 1 aromatic heterocycles. The molecule has 0 bridgehead atoms. The lowest BCUT2D eigenvalue weighted by Crippen LogP contribution is -2.66. The van der Waals surface area contributed by atoms with Gasteiger partial charge in [-0.2, -0.15) is 15.1 Å². The molecule has 3 atom stereocenters. The van der Waals surface area contributed by atoms with Crippen LogP contribution in [-0.2, 0) is 0 Å². The minimum Gasteiger partial charge on any atom is -0.762 e. The number of aryl methyl sites for hydroxylation is 1. The van der Waals surface area contributed by atoms with Crippen LogP contribution in [0, 0.1) is 35.5 Å². The Morgan fingerprint density at radius 1 is 1.17 bits per heavy atom. The van der Waals surface area contributed by atoms with Gasteiger partial charge in [-0.25, -0.2) is 5.87 Å². The lowest BCUT2D eigenvalue weighted by Gasteiger charge is -2.43. The topological polar surface area (TPSA) is 106 Å². The number of nitrogens with one attached hydrogen (secondary N) is 1. The number of pyridine rings is 1. The van der Waals surface area contributed by atoms with Crippen LogP contribution in [0.1, 0.15) is 36.1 Å². The second-order valence-electron chi connectivity index (χ2n) is 7.81. The average molecular weight is 395 g/mol. The van der Waals surface area contributed by atoms with Crippen LogP contribution in [0.5, 0.6) is 0 Å². The van der Waals surface area contributed by atoms with Crippen molar-refractivity contribution in [2.75, 3.05) is 0 Å². The van der Waals surface area contributed by atoms with Gasteiger partial charge in [0.25, 0.3) is 0 Å². The summed E-state index contributed by atoms with van der Waals surface area (Å²) >= 11 is 0. The third-order valence-electron chi connectivity index (χ3n) is 6.03. The monoisotopic (exact) mass is 395 g/mol. The van der Waals surface area contributed by atoms with Crippen LogP contribution in [-0.4, -0.2) is 16.7 Å². The summed E-state index contributed by atoms with van der Waals surface area (Å²) in [6.45, 7) is 1.96. The smallest absolute Gasteiger partial charge is 0.217 e. The molecule has 0 radical (unpaired) electrons. The van der Waals surface area contributed by atoms with E-state index in [-0.39, 0.29) is 22.8 Å². The van der Waals surface area contributed by atoms with Crippen molar-refractivity contribution in [2.45, 2.75) is 37.5 Å². The first kappa shape index (κ1) is 19.6. The van der Waals surface area contributed by atoms with Crippen molar-refractivity contribution in [3.63, 3.8) is 0 Å². The first-order valence-corrected chi connectivity index (χ1v) is 9.89. The Morgan fingerprint density at radius 3 is 2.43 bits per heavy atom. The Balaban J connectivity index is 2.06. The zero-order valence-corrected chi connectivity index (χ0v) is 16.6. The average Bonchev–Trinajstić information content (AvgIpc) is 3.62. The largest absolute Gasteiger partial charge is 0.762 e. The van der Waals surface area contributed by atoms with Gasteiger partial charge in [-0.3, -0.25) is 0 Å². The van der Waals surface area contributed by atoms with Gasteiger partial charge < -0.3 is 15.8 Å². The summed E-state index contributed by atoms with van der Waals surface area (Å²) in [6, 6.07) is 18.9. The van der Waals surface area contributed by atoms with Crippen LogP contribution in [0.25, 0.3) is 5.41 Å². The third kappa shape index (κ3) is 3.09. The maximum atomic E-state index is 12.0. The molecule has 4 rings (SSSR count). The molecule has 6 heteroatoms. The Morgan fingerprint density at radius 2 is 1.87 bits per heavy atom. The SMILES string of the molecule is Cc1cccc[n+]1[C@@H]1[C@@H](c2ccccc2)C(C#N)=C(C(=C=[N-])C#N)N[C@@]1(O)C1CC1. The summed E-state index contributed by atoms with van der Waals surface area (Å²) in [5, 5.41) is 44.2. The molecule has 2 aromatic rings. The van der Waals surface area contributed by atoms with Crippen LogP contribution in [0.2, 0.25) is 0 Å². The van der Waals surface area contributed by atoms with Gasteiger partial charge >= 0.3 is 0 Å². The summed E-state index contributed by atoms with van der Waals surface area (Å²) in [7, 11) is 0. The predicted molar refractivity (Wildman–Crippen MR) is 111 cm³/mol. The van der Waals surface area contributed by atoms with Crippen LogP contribution >= 0.6 is 0 Å². The lowest BCUT2D eigenvalue weighted by molar-refractivity contribution is -0.747. The molecule has 30 heavy (non-hydrogen) atoms. The molecule has 1 aliphatic carbocycles. The fraction of sp³-hybridized carbons (Fsp3) is 0.292. The van der Waals surface area contributed by atoms with Gasteiger partial charge in [-0.05, 0) is 18.4 Å². The van der Waals surface area contributed by atoms with Crippen molar-refractivity contribution < 1.29 is 9.67 Å². The number of hydrogen-bond acceptors (Lipinski definition) is 4. The molecule has 2 heterocycles. The standard InChI is InChI=1S/C24H21N5O/c1-16-7-5-6-12-29(16)23-21(17-8-3-2-4-9-17)20(15-27)22(18(13-25)14-26)28-24(23,30)19-10-11-19/h2-9,12,19,21,23,28,30H,10-11H2,1H3/t21-,23+,24+/m0/s1. The molecule has 2 aliphatic rings. The number of allylic oxidation sites excluding steroid dienone is 2. The predicted octanol–water partition coefficient (Wildman–Crippen LogP) is 2.78. The normalized spacial score (nSPS) is 25.5. The van der Waals surface area contributed by atoms with Crippen molar-refractivity contribution in [2.24, 2.45) is 5.92 Å². The Bertz CT molecular complexity index is 1150. The highest BCUT2D eigenvalue weighted by Gasteiger charge is 2.61. The molecule has 0 unspecified atom stereocenters. The lowest BCUT2D eigenvalue weighted by atomic mass is 9.73. The second kappa shape index (κ2) is 7.61. The number of aliphatic hydroxyl groups is 1. The van der Waals surface area contributed by atoms with Crippen molar-refractivity contribution in [1.29, 1.82) is 10.5 Å². The van der Waals surface area contributed by atoms with E-state index in [4.69, 9.17) is 0 Å². The quantitative estimate of drug-likeness (QED) is 0.472. The van der Waals surface area contributed by atoms with Crippen molar-refractivity contribution in [3.05, 3.63) is 88.2 Å². The van der Waals surface area contributed by atoms with Gasteiger partial charge in [-0.15, -0.1) is 0 Å². The van der Waals surface area contributed by atoms with E-state index in [2.05, 4.69) is 11.4 Å². The zero-order chi connectivity index (χ0) is 21.3. The molecule has 0 amide bonds. The summed E-state index contributed by atoms with van der Waals surface area (Å²) in [6.07, 6.45) is 3.57. The molecule has 6 nitrogen and oxygen atoms in total. The van der Waals surface area contributed by atoms with E-state index in [1.165, 1.54) is 0 Å². The first-order valence-electron chi connectivity index (χ1n) is 9.89. The first-order chi connectivity index (χ1) is 14.5. The molecule has 148 valence electrons. The fourth-order valence-electron chi connectivity index (χ4n) is 4.47. The Hall–Kier alpha value is -3.70. The second-order valence-corrected chi connectivity index (χ2v) is 7.81. The molecule has 2 N–H and O–H groups in total. The maximum Gasteiger partial charge on any atom is 0.217 e. The fourth-order valence-corrected chi connectivity index (χ4v) is 4.47. The van der Waals surface area contributed by atoms with Gasteiger partial charge in [0.15, 0.2) is 11.9 Å². The van der Waals surface area contributed by atoms with Crippen LogP contribution in [0.4, 0.5) is 0 Å². The molecule has 0 spiro atoms. The molecular weight excluding hydrogens is 374 g/mol. The van der Waals surface area contributed by atoms with E-state index in [0.29, 0.717) is 0 Å². The Labute approximate surface area is 175 Å². The summed E-state index contributed by atoms with van der Waals surface area (Å²) in [5.74, 6) is 1.31. The highest BCUT2D eigenvalue weighted by Crippen LogP contribution is 2.52. The molecule has 1 fully saturated rings. The number of benzene rings is 1. The molecule has 1 saturated carbocycles. The van der Waals surface area contributed by atoms with E-state index < -0.39 is 17.7 Å². The maximum absolute atomic E-state index is 12.0. The number of hydrogen-bond donors (Lipinski definition) is 2. The molecule has 1 aromatic carbocycles. The van der Waals surface area contributed by atoms with Crippen LogP contribution < -0.4 is 9.88 Å². The van der Waals surface area contributed by atoms with E-state index >= 15 is 0 Å². The minimum absolute atomic E-state index is 0.0466. The Kier molecular flexibility index (Phi) is 4.98. The van der Waals surface area contributed by atoms with E-state index in [1.807, 2.05) is 78.2 Å². The number of rotatable bonds is 4. The van der Waals surface area contributed by atoms with Crippen molar-refractivity contribution >= 4 is 5.87 Å². The van der Waals surface area contributed by atoms with Gasteiger partial charge in [0, 0.05) is 25.0 Å². The molecular formula is C24H21N5O. The van der Waals surface area contributed by atoms with Gasteiger partial charge in [0.2, 0.25) is 11.8 Å². The zero-order valence-electron chi connectivity index (χ0n) is 16.6. The highest BCUT2D eigenvalue weighted by atomic mass is 16.3. The van der Waals surface area contributed by atoms with E-state index in [0.717, 1.165) is 24.1 Å². The van der Waals surface area contributed by atoms with Crippen molar-refractivity contribution in [1.82, 2.24) is 5.32 Å². The van der Waals surface area contributed by atoms with Crippen LogP contribution in [0.3, 0.4) is 0 Å². The number of nitriles is 2. The van der Waals surface area contributed by atoms with Crippen molar-refractivity contribution in [3.8, 4) is 12.1 Å². The van der Waals surface area contributed by atoms with E-state index in [9.17, 15) is 21.0 Å². The van der Waals surface area contributed by atoms with Gasteiger partial charge in [0.05, 0.1) is 28.8 Å². The third-order valence-corrected chi connectivity index (χ3v) is 6.03. The van der Waals surface area contributed by atoms with Gasteiger partial charge in [0.1, 0.15) is 6.07 Å². The summed E-state index contributed by atoms with van der Waals surface area (Å²) < 4.78 is 2.00. The number of nitrogens with zero attached hydrogens (tertiary/aromatic N) is 4. The summed E-state index contributed by atoms with van der Waals surface area (Å²) in [5.41, 5.74) is 0.602. The molecule has 0 saturated heterocycles.